The molecule has 0 saturated heterocycles. The van der Waals surface area contributed by atoms with Crippen molar-refractivity contribution in [2.24, 2.45) is 0 Å². The highest BCUT2D eigenvalue weighted by Gasteiger charge is 2.22. The SMILES string of the molecule is Cc1nn(-c2ccccc2)c(C)c1C(=O)OCc1ccccc1[N+](=O)[O-]. The lowest BCUT2D eigenvalue weighted by atomic mass is 10.2. The van der Waals surface area contributed by atoms with Gasteiger partial charge in [0.1, 0.15) is 12.2 Å². The molecule has 0 aliphatic carbocycles. The van der Waals surface area contributed by atoms with Crippen molar-refractivity contribution in [2.75, 3.05) is 0 Å². The van der Waals surface area contributed by atoms with Crippen LogP contribution in [0, 0.1) is 24.0 Å². The topological polar surface area (TPSA) is 87.3 Å². The first-order valence-corrected chi connectivity index (χ1v) is 8.00. The minimum absolute atomic E-state index is 0.0753. The molecule has 2 aromatic carbocycles. The number of carbonyl (C=O) groups is 1. The van der Waals surface area contributed by atoms with Gasteiger partial charge in [0.15, 0.2) is 0 Å². The molecule has 1 aromatic heterocycles. The number of benzene rings is 2. The van der Waals surface area contributed by atoms with Gasteiger partial charge in [-0.25, -0.2) is 9.48 Å². The van der Waals surface area contributed by atoms with Gasteiger partial charge in [0, 0.05) is 6.07 Å². The van der Waals surface area contributed by atoms with Crippen LogP contribution >= 0.6 is 0 Å². The molecule has 0 amide bonds. The predicted octanol–water partition coefficient (Wildman–Crippen LogP) is 3.75. The van der Waals surface area contributed by atoms with Gasteiger partial charge in [0.05, 0.1) is 27.6 Å². The van der Waals surface area contributed by atoms with E-state index in [0.29, 0.717) is 22.5 Å². The van der Waals surface area contributed by atoms with E-state index in [1.807, 2.05) is 30.3 Å². The number of nitro groups is 1. The van der Waals surface area contributed by atoms with E-state index in [0.717, 1.165) is 5.69 Å². The number of rotatable bonds is 5. The molecule has 0 unspecified atom stereocenters. The number of esters is 1. The van der Waals surface area contributed by atoms with Gasteiger partial charge in [-0.15, -0.1) is 0 Å². The van der Waals surface area contributed by atoms with E-state index in [1.165, 1.54) is 6.07 Å². The summed E-state index contributed by atoms with van der Waals surface area (Å²) in [6, 6.07) is 15.6. The van der Waals surface area contributed by atoms with Crippen LogP contribution < -0.4 is 0 Å². The molecule has 0 bridgehead atoms. The van der Waals surface area contributed by atoms with E-state index >= 15 is 0 Å². The summed E-state index contributed by atoms with van der Waals surface area (Å²) >= 11 is 0. The van der Waals surface area contributed by atoms with E-state index in [-0.39, 0.29) is 12.3 Å². The van der Waals surface area contributed by atoms with Crippen LogP contribution in [0.3, 0.4) is 0 Å². The number of nitro benzene ring substituents is 1. The van der Waals surface area contributed by atoms with E-state index in [1.54, 1.807) is 36.7 Å². The number of aryl methyl sites for hydroxylation is 1. The van der Waals surface area contributed by atoms with Gasteiger partial charge in [0.25, 0.3) is 5.69 Å². The van der Waals surface area contributed by atoms with E-state index in [9.17, 15) is 14.9 Å². The van der Waals surface area contributed by atoms with Crippen molar-refractivity contribution < 1.29 is 14.5 Å². The van der Waals surface area contributed by atoms with Crippen LogP contribution in [0.4, 0.5) is 5.69 Å². The van der Waals surface area contributed by atoms with E-state index < -0.39 is 10.9 Å². The van der Waals surface area contributed by atoms with Gasteiger partial charge in [-0.1, -0.05) is 30.3 Å². The molecule has 0 N–H and O–H groups in total. The quantitative estimate of drug-likeness (QED) is 0.397. The first-order valence-electron chi connectivity index (χ1n) is 8.00. The highest BCUT2D eigenvalue weighted by molar-refractivity contribution is 5.92. The molecular formula is C19H17N3O4. The summed E-state index contributed by atoms with van der Waals surface area (Å²) < 4.78 is 7.00. The Morgan fingerprint density at radius 3 is 2.46 bits per heavy atom. The third kappa shape index (κ3) is 3.32. The second-order valence-electron chi connectivity index (χ2n) is 5.76. The van der Waals surface area contributed by atoms with Crippen molar-refractivity contribution >= 4 is 11.7 Å². The van der Waals surface area contributed by atoms with Gasteiger partial charge < -0.3 is 4.74 Å². The minimum Gasteiger partial charge on any atom is -0.457 e. The van der Waals surface area contributed by atoms with Crippen LogP contribution in [0.15, 0.2) is 54.6 Å². The molecule has 3 rings (SSSR count). The molecular weight excluding hydrogens is 334 g/mol. The maximum atomic E-state index is 12.5. The first-order chi connectivity index (χ1) is 12.5. The number of carbonyl (C=O) groups excluding carboxylic acids is 1. The van der Waals surface area contributed by atoms with Gasteiger partial charge in [-0.3, -0.25) is 10.1 Å². The Morgan fingerprint density at radius 2 is 1.77 bits per heavy atom. The Labute approximate surface area is 150 Å². The lowest BCUT2D eigenvalue weighted by Gasteiger charge is -2.07. The zero-order valence-corrected chi connectivity index (χ0v) is 14.4. The molecule has 0 aliphatic rings. The summed E-state index contributed by atoms with van der Waals surface area (Å²) in [6.07, 6.45) is 0. The van der Waals surface area contributed by atoms with Gasteiger partial charge in [0.2, 0.25) is 0 Å². The van der Waals surface area contributed by atoms with Crippen LogP contribution in [0.2, 0.25) is 0 Å². The third-order valence-corrected chi connectivity index (χ3v) is 4.04. The molecule has 26 heavy (non-hydrogen) atoms. The second-order valence-corrected chi connectivity index (χ2v) is 5.76. The average molecular weight is 351 g/mol. The summed E-state index contributed by atoms with van der Waals surface area (Å²) in [5.41, 5.74) is 2.67. The molecule has 132 valence electrons. The number of ether oxygens (including phenoxy) is 1. The van der Waals surface area contributed by atoms with Crippen LogP contribution in [-0.2, 0) is 11.3 Å². The lowest BCUT2D eigenvalue weighted by Crippen LogP contribution is -2.09. The van der Waals surface area contributed by atoms with E-state index in [4.69, 9.17) is 4.74 Å². The molecule has 0 atom stereocenters. The molecule has 0 radical (unpaired) electrons. The fourth-order valence-corrected chi connectivity index (χ4v) is 2.79. The average Bonchev–Trinajstić information content (AvgIpc) is 2.95. The van der Waals surface area contributed by atoms with Crippen LogP contribution in [-0.4, -0.2) is 20.7 Å². The molecule has 0 spiro atoms. The van der Waals surface area contributed by atoms with Crippen molar-refractivity contribution in [3.63, 3.8) is 0 Å². The number of hydrogen-bond donors (Lipinski definition) is 0. The summed E-state index contributed by atoms with van der Waals surface area (Å²) in [6.45, 7) is 3.34. The Kier molecular flexibility index (Phi) is 4.79. The first kappa shape index (κ1) is 17.3. The number of para-hydroxylation sites is 2. The van der Waals surface area contributed by atoms with E-state index in [2.05, 4.69) is 5.10 Å². The summed E-state index contributed by atoms with van der Waals surface area (Å²) in [5, 5.41) is 15.5. The van der Waals surface area contributed by atoms with Crippen LogP contribution in [0.5, 0.6) is 0 Å². The van der Waals surface area contributed by atoms with Gasteiger partial charge >= 0.3 is 5.97 Å². The third-order valence-electron chi connectivity index (χ3n) is 4.04. The van der Waals surface area contributed by atoms with Gasteiger partial charge in [-0.05, 0) is 32.0 Å². The largest absolute Gasteiger partial charge is 0.457 e. The monoisotopic (exact) mass is 351 g/mol. The zero-order valence-electron chi connectivity index (χ0n) is 14.4. The summed E-state index contributed by atoms with van der Waals surface area (Å²) in [4.78, 5) is 23.1. The minimum atomic E-state index is -0.555. The Hall–Kier alpha value is -3.48. The zero-order chi connectivity index (χ0) is 18.7. The Morgan fingerprint density at radius 1 is 1.12 bits per heavy atom. The molecule has 0 fully saturated rings. The maximum absolute atomic E-state index is 12.5. The summed E-state index contributed by atoms with van der Waals surface area (Å²) in [7, 11) is 0. The van der Waals surface area contributed by atoms with Crippen LogP contribution in [0.1, 0.15) is 27.3 Å². The highest BCUT2D eigenvalue weighted by Crippen LogP contribution is 2.22. The van der Waals surface area contributed by atoms with Crippen molar-refractivity contribution in [2.45, 2.75) is 20.5 Å². The number of hydrogen-bond acceptors (Lipinski definition) is 5. The maximum Gasteiger partial charge on any atom is 0.342 e. The molecule has 1 heterocycles. The lowest BCUT2D eigenvalue weighted by molar-refractivity contribution is -0.385. The van der Waals surface area contributed by atoms with Crippen molar-refractivity contribution in [1.29, 1.82) is 0 Å². The molecule has 3 aromatic rings. The van der Waals surface area contributed by atoms with Crippen molar-refractivity contribution in [3.8, 4) is 5.69 Å². The number of aromatic nitrogens is 2. The van der Waals surface area contributed by atoms with Gasteiger partial charge in [-0.2, -0.15) is 5.10 Å². The predicted molar refractivity (Wildman–Crippen MR) is 95.3 cm³/mol. The van der Waals surface area contributed by atoms with Crippen molar-refractivity contribution in [3.05, 3.63) is 87.2 Å². The smallest absolute Gasteiger partial charge is 0.342 e. The molecule has 0 aliphatic heterocycles. The fraction of sp³-hybridized carbons (Fsp3) is 0.158. The summed E-state index contributed by atoms with van der Waals surface area (Å²) in [5.74, 6) is -0.555. The fourth-order valence-electron chi connectivity index (χ4n) is 2.79. The standard InChI is InChI=1S/C19H17N3O4/c1-13-18(14(2)21(20-13)16-9-4-3-5-10-16)19(23)26-12-15-8-6-7-11-17(15)22(24)25/h3-11H,12H2,1-2H3. The molecule has 7 heteroatoms. The molecule has 0 saturated carbocycles. The molecule has 7 nitrogen and oxygen atoms in total. The van der Waals surface area contributed by atoms with Crippen LogP contribution in [0.25, 0.3) is 5.69 Å². The Bertz CT molecular complexity index is 964. The second kappa shape index (κ2) is 7.18. The van der Waals surface area contributed by atoms with Crippen molar-refractivity contribution in [1.82, 2.24) is 9.78 Å². The Balaban J connectivity index is 1.84. The number of nitrogens with zero attached hydrogens (tertiary/aromatic N) is 3. The normalized spacial score (nSPS) is 10.5. The highest BCUT2D eigenvalue weighted by atomic mass is 16.6.